The molecule has 4 nitrogen and oxygen atoms in total. The molecule has 0 heterocycles. The number of halogens is 1. The standard InChI is InChI=1S/C12H17FN2O2/c1-3-14-12(17)7-15-8(2)10-5-4-9(16)6-11(10)13/h4-6,8,15-16H,3,7H2,1-2H3,(H,14,17). The smallest absolute Gasteiger partial charge is 0.233 e. The number of phenolic OH excluding ortho intramolecular Hbond substituents is 1. The van der Waals surface area contributed by atoms with Gasteiger partial charge in [0.25, 0.3) is 0 Å². The number of hydrogen-bond donors (Lipinski definition) is 3. The number of hydrogen-bond acceptors (Lipinski definition) is 3. The lowest BCUT2D eigenvalue weighted by molar-refractivity contribution is -0.120. The van der Waals surface area contributed by atoms with Crippen LogP contribution >= 0.6 is 0 Å². The molecule has 0 spiro atoms. The lowest BCUT2D eigenvalue weighted by Gasteiger charge is -2.14. The topological polar surface area (TPSA) is 61.4 Å². The summed E-state index contributed by atoms with van der Waals surface area (Å²) in [7, 11) is 0. The van der Waals surface area contributed by atoms with Crippen LogP contribution in [0.15, 0.2) is 18.2 Å². The molecule has 17 heavy (non-hydrogen) atoms. The molecule has 94 valence electrons. The highest BCUT2D eigenvalue weighted by Gasteiger charge is 2.12. The zero-order valence-corrected chi connectivity index (χ0v) is 9.96. The maximum absolute atomic E-state index is 13.5. The number of rotatable bonds is 5. The Morgan fingerprint density at radius 1 is 1.53 bits per heavy atom. The summed E-state index contributed by atoms with van der Waals surface area (Å²) in [6.45, 7) is 4.30. The van der Waals surface area contributed by atoms with Crippen LogP contribution < -0.4 is 10.6 Å². The molecule has 1 rings (SSSR count). The van der Waals surface area contributed by atoms with E-state index >= 15 is 0 Å². The molecule has 1 atom stereocenters. The van der Waals surface area contributed by atoms with E-state index in [1.807, 2.05) is 6.92 Å². The largest absolute Gasteiger partial charge is 0.508 e. The van der Waals surface area contributed by atoms with Gasteiger partial charge in [-0.2, -0.15) is 0 Å². The third-order valence-corrected chi connectivity index (χ3v) is 2.39. The van der Waals surface area contributed by atoms with Gasteiger partial charge in [-0.15, -0.1) is 0 Å². The third-order valence-electron chi connectivity index (χ3n) is 2.39. The predicted molar refractivity (Wildman–Crippen MR) is 63.2 cm³/mol. The summed E-state index contributed by atoms with van der Waals surface area (Å²) in [4.78, 5) is 11.2. The Morgan fingerprint density at radius 3 is 2.82 bits per heavy atom. The molecule has 0 aromatic heterocycles. The van der Waals surface area contributed by atoms with Crippen LogP contribution in [0.4, 0.5) is 4.39 Å². The molecular weight excluding hydrogens is 223 g/mol. The molecule has 0 fully saturated rings. The second-order valence-electron chi connectivity index (χ2n) is 3.76. The highest BCUT2D eigenvalue weighted by Crippen LogP contribution is 2.20. The number of benzene rings is 1. The molecule has 1 amide bonds. The Bertz CT molecular complexity index is 396. The summed E-state index contributed by atoms with van der Waals surface area (Å²) in [6, 6.07) is 3.68. The lowest BCUT2D eigenvalue weighted by Crippen LogP contribution is -2.35. The summed E-state index contributed by atoms with van der Waals surface area (Å²) < 4.78 is 13.5. The van der Waals surface area contributed by atoms with Crippen molar-refractivity contribution in [3.8, 4) is 5.75 Å². The van der Waals surface area contributed by atoms with Crippen molar-refractivity contribution in [1.29, 1.82) is 0 Å². The molecule has 3 N–H and O–H groups in total. The molecular formula is C12H17FN2O2. The van der Waals surface area contributed by atoms with Gasteiger partial charge in [-0.25, -0.2) is 4.39 Å². The number of carbonyl (C=O) groups is 1. The summed E-state index contributed by atoms with van der Waals surface area (Å²) in [5.74, 6) is -0.721. The van der Waals surface area contributed by atoms with E-state index in [1.165, 1.54) is 12.1 Å². The van der Waals surface area contributed by atoms with E-state index in [0.29, 0.717) is 12.1 Å². The molecule has 1 unspecified atom stereocenters. The molecule has 5 heteroatoms. The van der Waals surface area contributed by atoms with Crippen LogP contribution in [0.2, 0.25) is 0 Å². The highest BCUT2D eigenvalue weighted by molar-refractivity contribution is 5.77. The lowest BCUT2D eigenvalue weighted by atomic mass is 10.1. The van der Waals surface area contributed by atoms with Gasteiger partial charge in [0.2, 0.25) is 5.91 Å². The first kappa shape index (κ1) is 13.4. The normalized spacial score (nSPS) is 12.2. The number of amides is 1. The van der Waals surface area contributed by atoms with Gasteiger partial charge in [0.15, 0.2) is 0 Å². The first-order valence-electron chi connectivity index (χ1n) is 5.53. The summed E-state index contributed by atoms with van der Waals surface area (Å²) >= 11 is 0. The summed E-state index contributed by atoms with van der Waals surface area (Å²) in [5, 5.41) is 14.6. The molecule has 1 aromatic rings. The SMILES string of the molecule is CCNC(=O)CNC(C)c1ccc(O)cc1F. The van der Waals surface area contributed by atoms with Crippen molar-refractivity contribution in [1.82, 2.24) is 10.6 Å². The maximum atomic E-state index is 13.5. The van der Waals surface area contributed by atoms with Crippen molar-refractivity contribution in [3.05, 3.63) is 29.6 Å². The Hall–Kier alpha value is -1.62. The van der Waals surface area contributed by atoms with E-state index in [2.05, 4.69) is 10.6 Å². The first-order valence-corrected chi connectivity index (χ1v) is 5.53. The van der Waals surface area contributed by atoms with Crippen molar-refractivity contribution < 1.29 is 14.3 Å². The average molecular weight is 240 g/mol. The van der Waals surface area contributed by atoms with Gasteiger partial charge in [-0.05, 0) is 19.9 Å². The minimum atomic E-state index is -0.485. The van der Waals surface area contributed by atoms with Crippen molar-refractivity contribution in [2.45, 2.75) is 19.9 Å². The van der Waals surface area contributed by atoms with Gasteiger partial charge in [0.1, 0.15) is 11.6 Å². The van der Waals surface area contributed by atoms with Crippen molar-refractivity contribution >= 4 is 5.91 Å². The molecule has 0 aliphatic rings. The third kappa shape index (κ3) is 4.03. The fourth-order valence-electron chi connectivity index (χ4n) is 1.48. The van der Waals surface area contributed by atoms with Crippen molar-refractivity contribution in [2.75, 3.05) is 13.1 Å². The molecule has 0 aliphatic carbocycles. The monoisotopic (exact) mass is 240 g/mol. The molecule has 0 saturated heterocycles. The minimum Gasteiger partial charge on any atom is -0.508 e. The van der Waals surface area contributed by atoms with E-state index < -0.39 is 5.82 Å². The van der Waals surface area contributed by atoms with Crippen LogP contribution in [0.3, 0.4) is 0 Å². The molecule has 0 radical (unpaired) electrons. The van der Waals surface area contributed by atoms with Crippen LogP contribution in [-0.2, 0) is 4.79 Å². The molecule has 1 aromatic carbocycles. The number of aromatic hydroxyl groups is 1. The summed E-state index contributed by atoms with van der Waals surface area (Å²) in [6.07, 6.45) is 0. The van der Waals surface area contributed by atoms with Crippen molar-refractivity contribution in [2.24, 2.45) is 0 Å². The van der Waals surface area contributed by atoms with Crippen LogP contribution in [0.25, 0.3) is 0 Å². The average Bonchev–Trinajstić information content (AvgIpc) is 2.26. The minimum absolute atomic E-state index is 0.109. The van der Waals surface area contributed by atoms with E-state index in [-0.39, 0.29) is 24.2 Å². The van der Waals surface area contributed by atoms with Gasteiger partial charge < -0.3 is 15.7 Å². The molecule has 0 saturated carbocycles. The maximum Gasteiger partial charge on any atom is 0.233 e. The Labute approximate surface area is 99.8 Å². The zero-order chi connectivity index (χ0) is 12.8. The number of likely N-dealkylation sites (N-methyl/N-ethyl adjacent to an activating group) is 1. The predicted octanol–water partition coefficient (Wildman–Crippen LogP) is 1.32. The number of carbonyl (C=O) groups excluding carboxylic acids is 1. The van der Waals surface area contributed by atoms with Gasteiger partial charge in [0, 0.05) is 24.2 Å². The number of nitrogens with one attached hydrogen (secondary N) is 2. The van der Waals surface area contributed by atoms with Crippen LogP contribution in [-0.4, -0.2) is 24.1 Å². The Balaban J connectivity index is 2.57. The van der Waals surface area contributed by atoms with E-state index in [9.17, 15) is 9.18 Å². The van der Waals surface area contributed by atoms with Crippen LogP contribution in [0, 0.1) is 5.82 Å². The fraction of sp³-hybridized carbons (Fsp3) is 0.417. The van der Waals surface area contributed by atoms with Gasteiger partial charge in [-0.3, -0.25) is 4.79 Å². The van der Waals surface area contributed by atoms with Gasteiger partial charge in [0.05, 0.1) is 6.54 Å². The van der Waals surface area contributed by atoms with Crippen LogP contribution in [0.5, 0.6) is 5.75 Å². The number of phenols is 1. The summed E-state index contributed by atoms with van der Waals surface area (Å²) in [5.41, 5.74) is 0.423. The Morgan fingerprint density at radius 2 is 2.24 bits per heavy atom. The first-order chi connectivity index (χ1) is 8.04. The molecule has 0 bridgehead atoms. The van der Waals surface area contributed by atoms with E-state index in [4.69, 9.17) is 5.11 Å². The van der Waals surface area contributed by atoms with Gasteiger partial charge >= 0.3 is 0 Å². The van der Waals surface area contributed by atoms with Crippen LogP contribution in [0.1, 0.15) is 25.5 Å². The quantitative estimate of drug-likeness (QED) is 0.727. The van der Waals surface area contributed by atoms with Crippen molar-refractivity contribution in [3.63, 3.8) is 0 Å². The second kappa shape index (κ2) is 6.20. The van der Waals surface area contributed by atoms with Gasteiger partial charge in [-0.1, -0.05) is 6.07 Å². The van der Waals surface area contributed by atoms with E-state index in [0.717, 1.165) is 6.07 Å². The van der Waals surface area contributed by atoms with E-state index in [1.54, 1.807) is 6.92 Å². The molecule has 0 aliphatic heterocycles. The Kier molecular flexibility index (Phi) is 4.90. The second-order valence-corrected chi connectivity index (χ2v) is 3.76. The highest BCUT2D eigenvalue weighted by atomic mass is 19.1. The zero-order valence-electron chi connectivity index (χ0n) is 9.96. The fourth-order valence-corrected chi connectivity index (χ4v) is 1.48.